The molecule has 3 heterocycles. The number of nitrogens with zero attached hydrogens (tertiary/aromatic N) is 1. The fourth-order valence-electron chi connectivity index (χ4n) is 6.32. The Morgan fingerprint density at radius 2 is 1.95 bits per heavy atom. The number of carbonyl (C=O) groups is 4. The maximum absolute atomic E-state index is 13.8. The van der Waals surface area contributed by atoms with Crippen molar-refractivity contribution >= 4 is 57.6 Å². The Labute approximate surface area is 241 Å². The molecule has 5 rings (SSSR count). The van der Waals surface area contributed by atoms with Crippen molar-refractivity contribution in [2.45, 2.75) is 50.6 Å². The zero-order valence-electron chi connectivity index (χ0n) is 21.5. The van der Waals surface area contributed by atoms with Crippen molar-refractivity contribution in [2.75, 3.05) is 19.7 Å². The number of hydrogen-bond donors (Lipinski definition) is 4. The number of ether oxygens (including phenoxy) is 1. The van der Waals surface area contributed by atoms with Crippen LogP contribution in [0.15, 0.2) is 12.1 Å². The number of alkyl halides is 3. The molecule has 222 valence electrons. The summed E-state index contributed by atoms with van der Waals surface area (Å²) in [5.41, 5.74) is -0.162. The molecule has 0 spiro atoms. The third-order valence-electron chi connectivity index (χ3n) is 8.19. The van der Waals surface area contributed by atoms with Gasteiger partial charge in [-0.05, 0) is 43.6 Å². The predicted octanol–water partition coefficient (Wildman–Crippen LogP) is 3.19. The number of fused-ring (bicyclic) bond motifs is 2. The first-order valence-corrected chi connectivity index (χ1v) is 13.9. The van der Waals surface area contributed by atoms with Gasteiger partial charge in [-0.3, -0.25) is 19.2 Å². The van der Waals surface area contributed by atoms with E-state index >= 15 is 0 Å². The van der Waals surface area contributed by atoms with E-state index in [4.69, 9.17) is 23.2 Å². The van der Waals surface area contributed by atoms with Gasteiger partial charge in [0.15, 0.2) is 5.78 Å². The number of aliphatic hydroxyl groups is 1. The fraction of sp³-hybridized carbons (Fsp3) is 0.538. The Morgan fingerprint density at radius 3 is 2.61 bits per heavy atom. The van der Waals surface area contributed by atoms with E-state index in [-0.39, 0.29) is 57.4 Å². The average Bonchev–Trinajstić information content (AvgIpc) is 3.69. The zero-order valence-corrected chi connectivity index (χ0v) is 23.0. The minimum atomic E-state index is -5.02. The van der Waals surface area contributed by atoms with Gasteiger partial charge in [0.05, 0.1) is 21.6 Å². The standard InChI is InChI=1S/C26H27Cl2F3N4O6/c27-15-8-19(41-26(29,30)31)14-7-17(33-21(14)20(15)28)25(40)35-9-12-2-1-3-13(12)22(35)24(39)34-16(18(37)10-36)6-11-4-5-32-23(11)38/h7-8,11-13,16,22,33,36H,1-6,9-10H2,(H,32,38)(H,34,39)/t11-,12-,13-,16-,22-/m0/s1. The number of H-pyrrole nitrogens is 1. The summed E-state index contributed by atoms with van der Waals surface area (Å²) in [7, 11) is 0. The van der Waals surface area contributed by atoms with Crippen LogP contribution in [0.4, 0.5) is 13.2 Å². The molecule has 4 N–H and O–H groups in total. The number of amides is 3. The van der Waals surface area contributed by atoms with Crippen molar-refractivity contribution < 1.29 is 42.2 Å². The number of benzene rings is 1. The minimum Gasteiger partial charge on any atom is -0.405 e. The lowest BCUT2D eigenvalue weighted by Gasteiger charge is -2.29. The molecule has 15 heteroatoms. The quantitative estimate of drug-likeness (QED) is 0.358. The molecule has 3 fully saturated rings. The molecule has 0 radical (unpaired) electrons. The summed E-state index contributed by atoms with van der Waals surface area (Å²) in [6.07, 6.45) is -2.25. The molecule has 1 saturated carbocycles. The van der Waals surface area contributed by atoms with Crippen LogP contribution in [0.25, 0.3) is 10.9 Å². The van der Waals surface area contributed by atoms with Crippen LogP contribution in [-0.4, -0.2) is 76.6 Å². The number of aromatic nitrogens is 1. The Kier molecular flexibility index (Phi) is 8.14. The van der Waals surface area contributed by atoms with Crippen LogP contribution in [0.1, 0.15) is 42.6 Å². The summed E-state index contributed by atoms with van der Waals surface area (Å²) in [6.45, 7) is -0.165. The second-order valence-electron chi connectivity index (χ2n) is 10.6. The molecule has 3 amide bonds. The highest BCUT2D eigenvalue weighted by Crippen LogP contribution is 2.44. The number of carbonyl (C=O) groups excluding carboxylic acids is 4. The van der Waals surface area contributed by atoms with Gasteiger partial charge in [0.25, 0.3) is 5.91 Å². The normalized spacial score (nSPS) is 24.8. The van der Waals surface area contributed by atoms with Gasteiger partial charge < -0.3 is 30.4 Å². The molecule has 41 heavy (non-hydrogen) atoms. The highest BCUT2D eigenvalue weighted by molar-refractivity contribution is 6.45. The zero-order chi connectivity index (χ0) is 29.6. The van der Waals surface area contributed by atoms with Gasteiger partial charge in [-0.25, -0.2) is 0 Å². The third-order valence-corrected chi connectivity index (χ3v) is 8.98. The molecule has 0 unspecified atom stereocenters. The fourth-order valence-corrected chi connectivity index (χ4v) is 6.72. The lowest BCUT2D eigenvalue weighted by Crippen LogP contribution is -2.53. The van der Waals surface area contributed by atoms with E-state index in [1.807, 2.05) is 0 Å². The van der Waals surface area contributed by atoms with Crippen LogP contribution >= 0.6 is 23.2 Å². The summed E-state index contributed by atoms with van der Waals surface area (Å²) in [5.74, 6) is -3.50. The van der Waals surface area contributed by atoms with Crippen LogP contribution < -0.4 is 15.4 Å². The first-order chi connectivity index (χ1) is 19.4. The summed E-state index contributed by atoms with van der Waals surface area (Å²) >= 11 is 12.2. The Morgan fingerprint density at radius 1 is 1.20 bits per heavy atom. The summed E-state index contributed by atoms with van der Waals surface area (Å²) < 4.78 is 43.2. The monoisotopic (exact) mass is 618 g/mol. The van der Waals surface area contributed by atoms with Crippen molar-refractivity contribution in [3.63, 3.8) is 0 Å². The van der Waals surface area contributed by atoms with Crippen LogP contribution in [0.3, 0.4) is 0 Å². The van der Waals surface area contributed by atoms with Crippen molar-refractivity contribution in [1.82, 2.24) is 20.5 Å². The second-order valence-corrected chi connectivity index (χ2v) is 11.4. The van der Waals surface area contributed by atoms with Crippen LogP contribution in [0, 0.1) is 17.8 Å². The lowest BCUT2D eigenvalue weighted by molar-refractivity contribution is -0.274. The SMILES string of the molecule is O=C1NCC[C@H]1C[C@H](NC(=O)[C@@H]1[C@H]2CCC[C@H]2CN1C(=O)c1cc2c(OC(F)(F)F)cc(Cl)c(Cl)c2[nH]1)C(=O)CO. The van der Waals surface area contributed by atoms with Crippen LogP contribution in [-0.2, 0) is 14.4 Å². The maximum Gasteiger partial charge on any atom is 0.573 e. The van der Waals surface area contributed by atoms with Crippen molar-refractivity contribution in [2.24, 2.45) is 17.8 Å². The number of hydrogen-bond acceptors (Lipinski definition) is 6. The van der Waals surface area contributed by atoms with E-state index in [2.05, 4.69) is 20.4 Å². The van der Waals surface area contributed by atoms with E-state index in [1.165, 1.54) is 11.0 Å². The Balaban J connectivity index is 1.44. The van der Waals surface area contributed by atoms with Gasteiger partial charge in [-0.2, -0.15) is 0 Å². The number of aliphatic hydroxyl groups excluding tert-OH is 1. The van der Waals surface area contributed by atoms with Crippen LogP contribution in [0.2, 0.25) is 10.0 Å². The molecular weight excluding hydrogens is 592 g/mol. The highest BCUT2D eigenvalue weighted by atomic mass is 35.5. The number of Topliss-reactive ketones (excluding diaryl/α,β-unsaturated/α-hetero) is 1. The van der Waals surface area contributed by atoms with Gasteiger partial charge in [-0.1, -0.05) is 29.6 Å². The first kappa shape index (κ1) is 29.5. The molecule has 3 aliphatic rings. The second kappa shape index (κ2) is 11.3. The third kappa shape index (κ3) is 5.84. The van der Waals surface area contributed by atoms with Crippen molar-refractivity contribution in [3.8, 4) is 5.75 Å². The number of aromatic amines is 1. The van der Waals surface area contributed by atoms with E-state index < -0.39 is 54.3 Å². The van der Waals surface area contributed by atoms with Gasteiger partial charge in [0, 0.05) is 30.5 Å². The molecule has 1 aliphatic carbocycles. The average molecular weight is 619 g/mol. The summed E-state index contributed by atoms with van der Waals surface area (Å²) in [4.78, 5) is 56.1. The Bertz CT molecular complexity index is 1400. The summed E-state index contributed by atoms with van der Waals surface area (Å²) in [5, 5.41) is 14.4. The molecule has 1 aromatic carbocycles. The lowest BCUT2D eigenvalue weighted by atomic mass is 9.92. The molecule has 2 aliphatic heterocycles. The predicted molar refractivity (Wildman–Crippen MR) is 140 cm³/mol. The van der Waals surface area contributed by atoms with Crippen molar-refractivity contribution in [3.05, 3.63) is 27.9 Å². The number of likely N-dealkylation sites (tertiary alicyclic amines) is 1. The van der Waals surface area contributed by atoms with E-state index in [0.29, 0.717) is 19.4 Å². The van der Waals surface area contributed by atoms with Gasteiger partial charge >= 0.3 is 6.36 Å². The molecular formula is C26H27Cl2F3N4O6. The topological polar surface area (TPSA) is 141 Å². The van der Waals surface area contributed by atoms with E-state index in [9.17, 15) is 37.5 Å². The number of rotatable bonds is 8. The summed E-state index contributed by atoms with van der Waals surface area (Å²) in [6, 6.07) is -0.0326. The minimum absolute atomic E-state index is 0.00818. The van der Waals surface area contributed by atoms with Gasteiger partial charge in [0.1, 0.15) is 24.1 Å². The van der Waals surface area contributed by atoms with Crippen LogP contribution in [0.5, 0.6) is 5.75 Å². The highest BCUT2D eigenvalue weighted by Gasteiger charge is 2.50. The van der Waals surface area contributed by atoms with Gasteiger partial charge in [-0.15, -0.1) is 13.2 Å². The van der Waals surface area contributed by atoms with Gasteiger partial charge in [0.2, 0.25) is 11.8 Å². The van der Waals surface area contributed by atoms with E-state index in [0.717, 1.165) is 18.9 Å². The largest absolute Gasteiger partial charge is 0.573 e. The Hall–Kier alpha value is -3.03. The molecule has 1 aromatic heterocycles. The van der Waals surface area contributed by atoms with E-state index in [1.54, 1.807) is 0 Å². The van der Waals surface area contributed by atoms with Crippen molar-refractivity contribution in [1.29, 1.82) is 0 Å². The molecule has 0 bridgehead atoms. The first-order valence-electron chi connectivity index (χ1n) is 13.2. The smallest absolute Gasteiger partial charge is 0.405 e. The number of nitrogens with one attached hydrogen (secondary N) is 3. The molecule has 10 nitrogen and oxygen atoms in total. The molecule has 2 aromatic rings. The maximum atomic E-state index is 13.8. The number of ketones is 1. The molecule has 2 saturated heterocycles. The molecule has 5 atom stereocenters. The number of halogens is 5.